The van der Waals surface area contributed by atoms with Gasteiger partial charge in [0.15, 0.2) is 0 Å². The third-order valence-electron chi connectivity index (χ3n) is 3.22. The van der Waals surface area contributed by atoms with Crippen molar-refractivity contribution in [2.45, 2.75) is 36.3 Å². The highest BCUT2D eigenvalue weighted by Gasteiger charge is 2.18. The van der Waals surface area contributed by atoms with Crippen LogP contribution in [0, 0.1) is 0 Å². The van der Waals surface area contributed by atoms with Crippen LogP contribution in [0.1, 0.15) is 31.3 Å². The lowest BCUT2D eigenvalue weighted by molar-refractivity contribution is 0.0763. The molecule has 0 radical (unpaired) electrons. The van der Waals surface area contributed by atoms with Crippen LogP contribution in [-0.4, -0.2) is 27.9 Å². The Kier molecular flexibility index (Phi) is 6.32. The molecule has 120 valence electrons. The normalized spacial score (nSPS) is 11.4. The van der Waals surface area contributed by atoms with Crippen LogP contribution in [0.25, 0.3) is 0 Å². The third-order valence-corrected chi connectivity index (χ3v) is 4.44. The summed E-state index contributed by atoms with van der Waals surface area (Å²) in [4.78, 5) is 5.77. The summed E-state index contributed by atoms with van der Waals surface area (Å²) in [5, 5.41) is 10.5. The molecule has 1 aromatic carbocycles. The van der Waals surface area contributed by atoms with Crippen LogP contribution in [0.4, 0.5) is 0 Å². The summed E-state index contributed by atoms with van der Waals surface area (Å²) >= 11 is 7.66. The first kappa shape index (κ1) is 17.3. The molecular formula is C16H21ClN2O2S. The molecule has 1 heterocycles. The van der Waals surface area contributed by atoms with Gasteiger partial charge in [-0.3, -0.25) is 0 Å². The number of hydrogen-bond acceptors (Lipinski definition) is 4. The summed E-state index contributed by atoms with van der Waals surface area (Å²) in [5.41, 5.74) is 1.17. The molecule has 0 unspecified atom stereocenters. The SMILES string of the molecule is CC(C)c1c(Sc2cccc(Cl)c2)nc(COCCO)n1C. The van der Waals surface area contributed by atoms with Gasteiger partial charge in [0, 0.05) is 17.0 Å². The molecule has 1 N–H and O–H groups in total. The fourth-order valence-electron chi connectivity index (χ4n) is 2.24. The van der Waals surface area contributed by atoms with Crippen molar-refractivity contribution in [2.75, 3.05) is 13.2 Å². The van der Waals surface area contributed by atoms with Crippen LogP contribution >= 0.6 is 23.4 Å². The minimum atomic E-state index is 0.0194. The number of aromatic nitrogens is 2. The number of halogens is 1. The quantitative estimate of drug-likeness (QED) is 0.777. The van der Waals surface area contributed by atoms with Gasteiger partial charge in [0.25, 0.3) is 0 Å². The number of benzene rings is 1. The van der Waals surface area contributed by atoms with Crippen molar-refractivity contribution in [1.29, 1.82) is 0 Å². The zero-order chi connectivity index (χ0) is 16.1. The zero-order valence-electron chi connectivity index (χ0n) is 13.0. The Bertz CT molecular complexity index is 629. The molecule has 2 aromatic rings. The molecule has 0 atom stereocenters. The smallest absolute Gasteiger partial charge is 0.136 e. The summed E-state index contributed by atoms with van der Waals surface area (Å²) in [6.07, 6.45) is 0. The summed E-state index contributed by atoms with van der Waals surface area (Å²) in [6.45, 7) is 5.04. The third kappa shape index (κ3) is 4.26. The van der Waals surface area contributed by atoms with E-state index in [1.165, 1.54) is 5.69 Å². The average molecular weight is 341 g/mol. The van der Waals surface area contributed by atoms with E-state index in [0.717, 1.165) is 20.8 Å². The van der Waals surface area contributed by atoms with Crippen molar-refractivity contribution in [3.63, 3.8) is 0 Å². The summed E-state index contributed by atoms with van der Waals surface area (Å²) < 4.78 is 7.48. The van der Waals surface area contributed by atoms with Crippen molar-refractivity contribution in [1.82, 2.24) is 9.55 Å². The molecule has 0 fully saturated rings. The van der Waals surface area contributed by atoms with Crippen molar-refractivity contribution < 1.29 is 9.84 Å². The van der Waals surface area contributed by atoms with Crippen molar-refractivity contribution in [2.24, 2.45) is 7.05 Å². The second-order valence-corrected chi connectivity index (χ2v) is 6.77. The van der Waals surface area contributed by atoms with Gasteiger partial charge in [-0.1, -0.05) is 43.3 Å². The van der Waals surface area contributed by atoms with Crippen LogP contribution in [0.3, 0.4) is 0 Å². The zero-order valence-corrected chi connectivity index (χ0v) is 14.6. The van der Waals surface area contributed by atoms with Gasteiger partial charge in [0.2, 0.25) is 0 Å². The standard InChI is InChI=1S/C16H21ClN2O2S/c1-11(2)15-16(22-13-6-4-5-12(17)9-13)18-14(19(15)3)10-21-8-7-20/h4-6,9,11,20H,7-8,10H2,1-3H3. The van der Waals surface area contributed by atoms with Crippen molar-refractivity contribution >= 4 is 23.4 Å². The molecule has 0 aliphatic carbocycles. The van der Waals surface area contributed by atoms with E-state index < -0.39 is 0 Å². The molecule has 0 saturated heterocycles. The Morgan fingerprint density at radius 1 is 1.41 bits per heavy atom. The van der Waals surface area contributed by atoms with Crippen molar-refractivity contribution in [3.8, 4) is 0 Å². The monoisotopic (exact) mass is 340 g/mol. The summed E-state index contributed by atoms with van der Waals surface area (Å²) in [6, 6.07) is 7.76. The van der Waals surface area contributed by atoms with Crippen LogP contribution in [0.15, 0.2) is 34.2 Å². The topological polar surface area (TPSA) is 47.3 Å². The van der Waals surface area contributed by atoms with E-state index in [-0.39, 0.29) is 6.61 Å². The Labute approximate surface area is 140 Å². The molecule has 2 rings (SSSR count). The highest BCUT2D eigenvalue weighted by Crippen LogP contribution is 2.34. The predicted octanol–water partition coefficient (Wildman–Crippen LogP) is 3.86. The lowest BCUT2D eigenvalue weighted by atomic mass is 10.1. The number of nitrogens with zero attached hydrogens (tertiary/aromatic N) is 2. The Morgan fingerprint density at radius 3 is 2.82 bits per heavy atom. The maximum atomic E-state index is 8.81. The number of aliphatic hydroxyl groups excluding tert-OH is 1. The second kappa shape index (κ2) is 8.02. The van der Waals surface area contributed by atoms with E-state index in [1.807, 2.05) is 31.3 Å². The highest BCUT2D eigenvalue weighted by molar-refractivity contribution is 7.99. The second-order valence-electron chi connectivity index (χ2n) is 5.27. The van der Waals surface area contributed by atoms with E-state index in [4.69, 9.17) is 26.4 Å². The van der Waals surface area contributed by atoms with Gasteiger partial charge in [-0.15, -0.1) is 0 Å². The summed E-state index contributed by atoms with van der Waals surface area (Å²) in [5.74, 6) is 1.22. The molecule has 0 bridgehead atoms. The first-order chi connectivity index (χ1) is 10.5. The van der Waals surface area contributed by atoms with Crippen molar-refractivity contribution in [3.05, 3.63) is 40.8 Å². The average Bonchev–Trinajstić information content (AvgIpc) is 2.75. The van der Waals surface area contributed by atoms with E-state index in [1.54, 1.807) is 11.8 Å². The maximum Gasteiger partial charge on any atom is 0.136 e. The van der Waals surface area contributed by atoms with Gasteiger partial charge in [0.1, 0.15) is 17.5 Å². The maximum absolute atomic E-state index is 8.81. The lowest BCUT2D eigenvalue weighted by Crippen LogP contribution is -2.07. The molecule has 0 aliphatic heterocycles. The Morgan fingerprint density at radius 2 is 2.18 bits per heavy atom. The molecule has 22 heavy (non-hydrogen) atoms. The van der Waals surface area contributed by atoms with E-state index in [2.05, 4.69) is 18.4 Å². The van der Waals surface area contributed by atoms with Crippen LogP contribution in [0.5, 0.6) is 0 Å². The molecule has 0 spiro atoms. The predicted molar refractivity (Wildman–Crippen MR) is 89.6 cm³/mol. The van der Waals surface area contributed by atoms with Gasteiger partial charge in [-0.2, -0.15) is 0 Å². The number of rotatable bonds is 7. The van der Waals surface area contributed by atoms with Gasteiger partial charge in [-0.05, 0) is 24.1 Å². The molecule has 0 amide bonds. The van der Waals surface area contributed by atoms with Gasteiger partial charge in [0.05, 0.1) is 18.9 Å². The number of ether oxygens (including phenoxy) is 1. The molecule has 6 heteroatoms. The molecule has 4 nitrogen and oxygen atoms in total. The first-order valence-electron chi connectivity index (χ1n) is 7.20. The lowest BCUT2D eigenvalue weighted by Gasteiger charge is -2.10. The highest BCUT2D eigenvalue weighted by atomic mass is 35.5. The Balaban J connectivity index is 2.27. The van der Waals surface area contributed by atoms with E-state index in [9.17, 15) is 0 Å². The fraction of sp³-hybridized carbons (Fsp3) is 0.438. The molecule has 1 aromatic heterocycles. The molecule has 0 saturated carbocycles. The van der Waals surface area contributed by atoms with Gasteiger partial charge in [-0.25, -0.2) is 4.98 Å². The first-order valence-corrected chi connectivity index (χ1v) is 8.40. The largest absolute Gasteiger partial charge is 0.394 e. The van der Waals surface area contributed by atoms with Crippen LogP contribution < -0.4 is 0 Å². The van der Waals surface area contributed by atoms with Crippen LogP contribution in [-0.2, 0) is 18.4 Å². The number of hydrogen-bond donors (Lipinski definition) is 1. The van der Waals surface area contributed by atoms with Crippen LogP contribution in [0.2, 0.25) is 5.02 Å². The Hall–Kier alpha value is -1.01. The van der Waals surface area contributed by atoms with E-state index >= 15 is 0 Å². The minimum absolute atomic E-state index is 0.0194. The molecular weight excluding hydrogens is 320 g/mol. The number of imidazole rings is 1. The summed E-state index contributed by atoms with van der Waals surface area (Å²) in [7, 11) is 2.00. The fourth-order valence-corrected chi connectivity index (χ4v) is 3.68. The van der Waals surface area contributed by atoms with E-state index in [0.29, 0.717) is 19.1 Å². The van der Waals surface area contributed by atoms with Gasteiger partial charge < -0.3 is 14.4 Å². The number of aliphatic hydroxyl groups is 1. The minimum Gasteiger partial charge on any atom is -0.394 e. The molecule has 0 aliphatic rings. The van der Waals surface area contributed by atoms with Gasteiger partial charge >= 0.3 is 0 Å².